The lowest BCUT2D eigenvalue weighted by Gasteiger charge is -2.20. The maximum absolute atomic E-state index is 8.67. The molecule has 184 valence electrons. The van der Waals surface area contributed by atoms with Gasteiger partial charge in [-0.05, 0) is 89.4 Å². The third-order valence-corrected chi connectivity index (χ3v) is 6.07. The second kappa shape index (κ2) is 11.4. The van der Waals surface area contributed by atoms with Crippen LogP contribution in [0.3, 0.4) is 0 Å². The molecule has 10 nitrogen and oxygen atoms in total. The van der Waals surface area contributed by atoms with Crippen LogP contribution in [-0.4, -0.2) is 47.0 Å². The van der Waals surface area contributed by atoms with Gasteiger partial charge >= 0.3 is 0 Å². The molecule has 2 saturated heterocycles. The van der Waals surface area contributed by atoms with E-state index in [-0.39, 0.29) is 18.2 Å². The Morgan fingerprint density at radius 1 is 0.941 bits per heavy atom. The first-order chi connectivity index (χ1) is 16.0. The van der Waals surface area contributed by atoms with Crippen molar-refractivity contribution in [2.45, 2.75) is 63.6 Å². The van der Waals surface area contributed by atoms with Gasteiger partial charge in [0.25, 0.3) is 0 Å². The van der Waals surface area contributed by atoms with E-state index in [9.17, 15) is 0 Å². The number of nitrogens with two attached hydrogens (primary N) is 1. The topological polar surface area (TPSA) is 137 Å². The number of rotatable bonds is 5. The van der Waals surface area contributed by atoms with Crippen molar-refractivity contribution in [3.63, 3.8) is 0 Å². The molecule has 2 aliphatic heterocycles. The molecular formula is C22H28Br2N6O4. The second-order valence-corrected chi connectivity index (χ2v) is 10.5. The molecule has 2 unspecified atom stereocenters. The van der Waals surface area contributed by atoms with Crippen molar-refractivity contribution < 1.29 is 18.9 Å². The summed E-state index contributed by atoms with van der Waals surface area (Å²) in [7, 11) is 0. The first-order valence-electron chi connectivity index (χ1n) is 10.7. The molecule has 2 fully saturated rings. The van der Waals surface area contributed by atoms with E-state index in [1.807, 2.05) is 45.9 Å². The van der Waals surface area contributed by atoms with Gasteiger partial charge in [0.15, 0.2) is 11.6 Å². The molecule has 2 aliphatic rings. The van der Waals surface area contributed by atoms with E-state index < -0.39 is 17.6 Å². The molecule has 0 saturated carbocycles. The molecule has 2 N–H and O–H groups in total. The SMILES string of the molecule is CC1(C)OC[C@H](C(N)c2ccc(Br)cn2)O1.CC1(C)OC[C@H](C(N=[N+]=[N-])c2ccc(Br)cn2)O1. The molecule has 0 amide bonds. The van der Waals surface area contributed by atoms with E-state index >= 15 is 0 Å². The van der Waals surface area contributed by atoms with Gasteiger partial charge in [-0.25, -0.2) is 0 Å². The van der Waals surface area contributed by atoms with Crippen LogP contribution in [0, 0.1) is 0 Å². The van der Waals surface area contributed by atoms with E-state index in [4.69, 9.17) is 30.2 Å². The van der Waals surface area contributed by atoms with Crippen molar-refractivity contribution in [1.29, 1.82) is 0 Å². The Morgan fingerprint density at radius 2 is 1.44 bits per heavy atom. The normalized spacial score (nSPS) is 24.4. The maximum Gasteiger partial charge on any atom is 0.163 e. The highest BCUT2D eigenvalue weighted by Gasteiger charge is 2.38. The summed E-state index contributed by atoms with van der Waals surface area (Å²) in [5, 5.41) is 3.77. The number of halogens is 2. The third kappa shape index (κ3) is 7.43. The molecule has 12 heteroatoms. The van der Waals surface area contributed by atoms with Crippen molar-refractivity contribution in [2.24, 2.45) is 10.8 Å². The van der Waals surface area contributed by atoms with Crippen LogP contribution in [0.15, 0.2) is 50.7 Å². The summed E-state index contributed by atoms with van der Waals surface area (Å²) in [4.78, 5) is 11.4. The summed E-state index contributed by atoms with van der Waals surface area (Å²) in [6.07, 6.45) is 2.94. The Bertz CT molecular complexity index is 999. The van der Waals surface area contributed by atoms with Gasteiger partial charge in [0, 0.05) is 26.3 Å². The first kappa shape index (κ1) is 27.0. The molecule has 0 bridgehead atoms. The number of azide groups is 1. The minimum atomic E-state index is -0.650. The molecule has 0 radical (unpaired) electrons. The molecular weight excluding hydrogens is 572 g/mol. The van der Waals surface area contributed by atoms with Crippen molar-refractivity contribution in [3.8, 4) is 0 Å². The summed E-state index contributed by atoms with van der Waals surface area (Å²) in [6.45, 7) is 8.31. The zero-order chi connectivity index (χ0) is 24.9. The number of ether oxygens (including phenoxy) is 4. The van der Waals surface area contributed by atoms with Gasteiger partial charge in [0.2, 0.25) is 0 Å². The van der Waals surface area contributed by atoms with E-state index in [0.717, 1.165) is 14.6 Å². The fraction of sp³-hybridized carbons (Fsp3) is 0.545. The Balaban J connectivity index is 0.000000192. The molecule has 0 spiro atoms. The Morgan fingerprint density at radius 3 is 1.85 bits per heavy atom. The van der Waals surface area contributed by atoms with Crippen LogP contribution in [0.2, 0.25) is 0 Å². The zero-order valence-electron chi connectivity index (χ0n) is 19.4. The van der Waals surface area contributed by atoms with Gasteiger partial charge in [0.1, 0.15) is 12.1 Å². The molecule has 4 atom stereocenters. The lowest BCUT2D eigenvalue weighted by Crippen LogP contribution is -2.31. The van der Waals surface area contributed by atoms with Gasteiger partial charge in [-0.2, -0.15) is 0 Å². The van der Waals surface area contributed by atoms with Crippen molar-refractivity contribution >= 4 is 31.9 Å². The molecule has 0 aliphatic carbocycles. The van der Waals surface area contributed by atoms with Crippen LogP contribution in [-0.2, 0) is 18.9 Å². The zero-order valence-corrected chi connectivity index (χ0v) is 22.6. The fourth-order valence-corrected chi connectivity index (χ4v) is 3.95. The average molecular weight is 600 g/mol. The third-order valence-electron chi connectivity index (χ3n) is 5.13. The number of nitrogens with zero attached hydrogens (tertiary/aromatic N) is 5. The number of hydrogen-bond acceptors (Lipinski definition) is 8. The number of aromatic nitrogens is 2. The Labute approximate surface area is 215 Å². The molecule has 34 heavy (non-hydrogen) atoms. The molecule has 2 aromatic heterocycles. The number of pyridine rings is 2. The van der Waals surface area contributed by atoms with Crippen LogP contribution in [0.5, 0.6) is 0 Å². The molecule has 4 rings (SSSR count). The maximum atomic E-state index is 8.67. The highest BCUT2D eigenvalue weighted by Crippen LogP contribution is 2.33. The van der Waals surface area contributed by atoms with Crippen LogP contribution in [0.4, 0.5) is 0 Å². The minimum absolute atomic E-state index is 0.135. The number of hydrogen-bond donors (Lipinski definition) is 1. The van der Waals surface area contributed by atoms with Gasteiger partial charge in [-0.1, -0.05) is 5.11 Å². The standard InChI is InChI=1S/C11H13BrN4O2.C11H15BrN2O2/c1-11(2)17-6-9(18-11)10(15-16-13)8-4-3-7(12)5-14-8;1-11(2)15-6-9(16-11)10(13)8-4-3-7(12)5-14-8/h3-5,9-10H,6H2,1-2H3;3-5,9-10H,6,13H2,1-2H3/t2*9-,10?/m11/s1. The van der Waals surface area contributed by atoms with Crippen molar-refractivity contribution in [1.82, 2.24) is 9.97 Å². The van der Waals surface area contributed by atoms with E-state index in [2.05, 4.69) is 51.9 Å². The quantitative estimate of drug-likeness (QED) is 0.278. The molecule has 2 aromatic rings. The molecule has 4 heterocycles. The van der Waals surface area contributed by atoms with Crippen LogP contribution in [0.25, 0.3) is 10.4 Å². The lowest BCUT2D eigenvalue weighted by molar-refractivity contribution is -0.141. The highest BCUT2D eigenvalue weighted by atomic mass is 79.9. The summed E-state index contributed by atoms with van der Waals surface area (Å²) < 4.78 is 24.2. The second-order valence-electron chi connectivity index (χ2n) is 8.71. The van der Waals surface area contributed by atoms with Gasteiger partial charge < -0.3 is 24.7 Å². The monoisotopic (exact) mass is 598 g/mol. The van der Waals surface area contributed by atoms with Gasteiger partial charge in [-0.3, -0.25) is 9.97 Å². The van der Waals surface area contributed by atoms with Crippen LogP contribution >= 0.6 is 31.9 Å². The summed E-state index contributed by atoms with van der Waals surface area (Å²) >= 11 is 6.65. The van der Waals surface area contributed by atoms with Crippen molar-refractivity contribution in [3.05, 3.63) is 67.4 Å². The highest BCUT2D eigenvalue weighted by molar-refractivity contribution is 9.10. The predicted octanol–water partition coefficient (Wildman–Crippen LogP) is 5.34. The van der Waals surface area contributed by atoms with Crippen molar-refractivity contribution in [2.75, 3.05) is 13.2 Å². The van der Waals surface area contributed by atoms with Crippen LogP contribution < -0.4 is 5.73 Å². The Hall–Kier alpha value is -1.63. The lowest BCUT2D eigenvalue weighted by atomic mass is 10.1. The molecule has 0 aromatic carbocycles. The largest absolute Gasteiger partial charge is 0.348 e. The summed E-state index contributed by atoms with van der Waals surface area (Å²) in [5.74, 6) is -1.19. The fourth-order valence-electron chi connectivity index (χ4n) is 3.48. The van der Waals surface area contributed by atoms with Gasteiger partial charge in [-0.15, -0.1) is 0 Å². The van der Waals surface area contributed by atoms with E-state index in [1.165, 1.54) is 0 Å². The van der Waals surface area contributed by atoms with Crippen LogP contribution in [0.1, 0.15) is 51.2 Å². The minimum Gasteiger partial charge on any atom is -0.348 e. The smallest absolute Gasteiger partial charge is 0.163 e. The van der Waals surface area contributed by atoms with E-state index in [0.29, 0.717) is 18.9 Å². The Kier molecular flexibility index (Phi) is 9.04. The predicted molar refractivity (Wildman–Crippen MR) is 132 cm³/mol. The average Bonchev–Trinajstić information content (AvgIpc) is 3.34. The van der Waals surface area contributed by atoms with Gasteiger partial charge in [0.05, 0.1) is 36.7 Å². The first-order valence-corrected chi connectivity index (χ1v) is 12.2. The summed E-state index contributed by atoms with van der Waals surface area (Å²) in [5.41, 5.74) is 16.2. The van der Waals surface area contributed by atoms with E-state index in [1.54, 1.807) is 18.5 Å². The summed E-state index contributed by atoms with van der Waals surface area (Å²) in [6, 6.07) is 6.73.